The molecule has 0 N–H and O–H groups in total. The third-order valence-corrected chi connectivity index (χ3v) is 5.51. The summed E-state index contributed by atoms with van der Waals surface area (Å²) in [5.74, 6) is -0.310. The Morgan fingerprint density at radius 2 is 1.71 bits per heavy atom. The molecule has 0 spiro atoms. The Balaban J connectivity index is 1.65. The van der Waals surface area contributed by atoms with E-state index in [1.165, 1.54) is 12.1 Å². The summed E-state index contributed by atoms with van der Waals surface area (Å²) in [6, 6.07) is 20.1. The molecular formula is C28H27FN2O3. The predicted octanol–water partition coefficient (Wildman–Crippen LogP) is 6.51. The minimum atomic E-state index is -0.439. The molecule has 0 aliphatic carbocycles. The number of hydrogen-bond donors (Lipinski definition) is 0. The fraction of sp³-hybridized carbons (Fsp3) is 0.214. The number of carbonyl (C=O) groups excluding carboxylic acids is 1. The molecule has 0 fully saturated rings. The first kappa shape index (κ1) is 23.4. The van der Waals surface area contributed by atoms with Crippen LogP contribution in [0.15, 0.2) is 85.3 Å². The van der Waals surface area contributed by atoms with Gasteiger partial charge in [0.2, 0.25) is 0 Å². The van der Waals surface area contributed by atoms with Crippen LogP contribution in [0.1, 0.15) is 24.6 Å². The maximum Gasteiger partial charge on any atom is 0.418 e. The molecule has 4 aromatic rings. The molecule has 0 atom stereocenters. The third kappa shape index (κ3) is 5.58. The molecule has 6 heteroatoms. The van der Waals surface area contributed by atoms with Gasteiger partial charge in [0.15, 0.2) is 0 Å². The van der Waals surface area contributed by atoms with Crippen LogP contribution in [0.5, 0.6) is 0 Å². The molecule has 2 aromatic carbocycles. The quantitative estimate of drug-likeness (QED) is 0.268. The van der Waals surface area contributed by atoms with Crippen LogP contribution in [0.2, 0.25) is 0 Å². The monoisotopic (exact) mass is 458 g/mol. The molecular weight excluding hydrogens is 431 g/mol. The van der Waals surface area contributed by atoms with Crippen LogP contribution in [0.4, 0.5) is 9.18 Å². The molecule has 34 heavy (non-hydrogen) atoms. The number of rotatable bonds is 9. The van der Waals surface area contributed by atoms with Gasteiger partial charge in [-0.25, -0.2) is 9.18 Å². The number of carbonyl (C=O) groups is 1. The zero-order chi connectivity index (χ0) is 23.8. The van der Waals surface area contributed by atoms with E-state index in [9.17, 15) is 9.18 Å². The van der Waals surface area contributed by atoms with Gasteiger partial charge in [-0.2, -0.15) is 0 Å². The first-order chi connectivity index (χ1) is 16.7. The van der Waals surface area contributed by atoms with Crippen molar-refractivity contribution < 1.29 is 18.7 Å². The number of benzene rings is 2. The molecule has 0 saturated carbocycles. The van der Waals surface area contributed by atoms with Crippen LogP contribution in [-0.2, 0) is 22.5 Å². The number of aromatic nitrogens is 2. The van der Waals surface area contributed by atoms with Crippen molar-refractivity contribution in [3.8, 4) is 22.3 Å². The Morgan fingerprint density at radius 1 is 0.971 bits per heavy atom. The van der Waals surface area contributed by atoms with E-state index in [0.717, 1.165) is 39.9 Å². The number of pyridine rings is 1. The Kier molecular flexibility index (Phi) is 7.83. The Labute approximate surface area is 198 Å². The summed E-state index contributed by atoms with van der Waals surface area (Å²) >= 11 is 0. The second-order valence-corrected chi connectivity index (χ2v) is 7.82. The van der Waals surface area contributed by atoms with Gasteiger partial charge in [-0.05, 0) is 60.7 Å². The molecule has 0 amide bonds. The summed E-state index contributed by atoms with van der Waals surface area (Å²) in [6.45, 7) is 3.14. The largest absolute Gasteiger partial charge is 0.449 e. The predicted molar refractivity (Wildman–Crippen MR) is 130 cm³/mol. The Morgan fingerprint density at radius 3 is 2.41 bits per heavy atom. The summed E-state index contributed by atoms with van der Waals surface area (Å²) in [7, 11) is 0. The zero-order valence-corrected chi connectivity index (χ0v) is 19.1. The molecule has 4 rings (SSSR count). The molecule has 2 aromatic heterocycles. The van der Waals surface area contributed by atoms with Crippen molar-refractivity contribution in [2.45, 2.75) is 26.4 Å². The summed E-state index contributed by atoms with van der Waals surface area (Å²) in [4.78, 5) is 17.0. The smallest absolute Gasteiger partial charge is 0.418 e. The zero-order valence-electron chi connectivity index (χ0n) is 19.1. The minimum absolute atomic E-state index is 0.271. The third-order valence-electron chi connectivity index (χ3n) is 5.51. The number of halogens is 1. The summed E-state index contributed by atoms with van der Waals surface area (Å²) in [5, 5.41) is 0. The average molecular weight is 459 g/mol. The number of ether oxygens (including phenoxy) is 2. The van der Waals surface area contributed by atoms with Crippen LogP contribution in [0.3, 0.4) is 0 Å². The van der Waals surface area contributed by atoms with Crippen molar-refractivity contribution >= 4 is 6.09 Å². The van der Waals surface area contributed by atoms with Gasteiger partial charge in [0, 0.05) is 42.0 Å². The normalized spacial score (nSPS) is 10.9. The van der Waals surface area contributed by atoms with Gasteiger partial charge in [-0.3, -0.25) is 9.55 Å². The first-order valence-corrected chi connectivity index (χ1v) is 11.4. The van der Waals surface area contributed by atoms with Crippen molar-refractivity contribution in [3.05, 3.63) is 102 Å². The Hall–Kier alpha value is -3.77. The van der Waals surface area contributed by atoms with Crippen LogP contribution >= 0.6 is 0 Å². The average Bonchev–Trinajstić information content (AvgIpc) is 3.25. The molecule has 0 unspecified atom stereocenters. The van der Waals surface area contributed by atoms with Crippen molar-refractivity contribution in [3.63, 3.8) is 0 Å². The SMILES string of the molecule is CCOC(=O)n1cc(-c2ccc(F)cc2)c(-c2ccncc2)c1CCCOCc1ccccc1. The summed E-state index contributed by atoms with van der Waals surface area (Å²) in [6.07, 6.45) is 6.10. The fourth-order valence-corrected chi connectivity index (χ4v) is 3.94. The summed E-state index contributed by atoms with van der Waals surface area (Å²) < 4.78 is 26.4. The van der Waals surface area contributed by atoms with Crippen molar-refractivity contribution in [2.75, 3.05) is 13.2 Å². The molecule has 0 radical (unpaired) electrons. The van der Waals surface area contributed by atoms with E-state index >= 15 is 0 Å². The van der Waals surface area contributed by atoms with Crippen molar-refractivity contribution in [2.24, 2.45) is 0 Å². The van der Waals surface area contributed by atoms with Gasteiger partial charge < -0.3 is 9.47 Å². The van der Waals surface area contributed by atoms with Gasteiger partial charge in [-0.15, -0.1) is 0 Å². The standard InChI is InChI=1S/C28H27FN2O3/c1-2-34-28(32)31-19-25(22-10-12-24(29)13-11-22)27(23-14-16-30-17-15-23)26(31)9-6-18-33-20-21-7-4-3-5-8-21/h3-5,7-8,10-17,19H,2,6,9,18,20H2,1H3. The van der Waals surface area contributed by atoms with Gasteiger partial charge in [-0.1, -0.05) is 42.5 Å². The lowest BCUT2D eigenvalue weighted by Crippen LogP contribution is -2.16. The van der Waals surface area contributed by atoms with E-state index in [4.69, 9.17) is 9.47 Å². The van der Waals surface area contributed by atoms with Crippen molar-refractivity contribution in [1.82, 2.24) is 9.55 Å². The Bertz CT molecular complexity index is 1210. The van der Waals surface area contributed by atoms with E-state index in [0.29, 0.717) is 19.6 Å². The first-order valence-electron chi connectivity index (χ1n) is 11.4. The second-order valence-electron chi connectivity index (χ2n) is 7.82. The molecule has 0 saturated heterocycles. The van der Waals surface area contributed by atoms with Crippen LogP contribution in [0.25, 0.3) is 22.3 Å². The summed E-state index contributed by atoms with van der Waals surface area (Å²) in [5.41, 5.74) is 5.43. The number of nitrogens with zero attached hydrogens (tertiary/aromatic N) is 2. The molecule has 0 aliphatic rings. The lowest BCUT2D eigenvalue weighted by molar-refractivity contribution is 0.118. The molecule has 5 nitrogen and oxygen atoms in total. The van der Waals surface area contributed by atoms with E-state index < -0.39 is 6.09 Å². The van der Waals surface area contributed by atoms with Gasteiger partial charge in [0.25, 0.3) is 0 Å². The van der Waals surface area contributed by atoms with Crippen LogP contribution in [-0.4, -0.2) is 28.9 Å². The molecule has 2 heterocycles. The highest BCUT2D eigenvalue weighted by Gasteiger charge is 2.22. The van der Waals surface area contributed by atoms with Crippen LogP contribution < -0.4 is 0 Å². The highest BCUT2D eigenvalue weighted by molar-refractivity contribution is 5.89. The highest BCUT2D eigenvalue weighted by atomic mass is 19.1. The van der Waals surface area contributed by atoms with Crippen LogP contribution in [0, 0.1) is 5.82 Å². The minimum Gasteiger partial charge on any atom is -0.449 e. The lowest BCUT2D eigenvalue weighted by atomic mass is 9.96. The molecule has 174 valence electrons. The van der Waals surface area contributed by atoms with Gasteiger partial charge in [0.1, 0.15) is 5.82 Å². The maximum absolute atomic E-state index is 13.6. The second kappa shape index (κ2) is 11.4. The maximum atomic E-state index is 13.6. The van der Waals surface area contributed by atoms with E-state index in [1.54, 1.807) is 42.2 Å². The van der Waals surface area contributed by atoms with Gasteiger partial charge in [0.05, 0.1) is 13.2 Å². The topological polar surface area (TPSA) is 53.4 Å². The van der Waals surface area contributed by atoms with E-state index in [2.05, 4.69) is 4.98 Å². The molecule has 0 bridgehead atoms. The lowest BCUT2D eigenvalue weighted by Gasteiger charge is -2.12. The van der Waals surface area contributed by atoms with Crippen molar-refractivity contribution in [1.29, 1.82) is 0 Å². The molecule has 0 aliphatic heterocycles. The highest BCUT2D eigenvalue weighted by Crippen LogP contribution is 2.37. The number of hydrogen-bond acceptors (Lipinski definition) is 4. The van der Waals surface area contributed by atoms with E-state index in [1.807, 2.05) is 42.5 Å². The fourth-order valence-electron chi connectivity index (χ4n) is 3.94. The van der Waals surface area contributed by atoms with E-state index in [-0.39, 0.29) is 12.4 Å². The van der Waals surface area contributed by atoms with Gasteiger partial charge >= 0.3 is 6.09 Å².